The summed E-state index contributed by atoms with van der Waals surface area (Å²) in [6.07, 6.45) is 0. The zero-order valence-corrected chi connectivity index (χ0v) is 8.81. The third kappa shape index (κ3) is 1.65. The van der Waals surface area contributed by atoms with Crippen molar-refractivity contribution in [2.45, 2.75) is 6.92 Å². The van der Waals surface area contributed by atoms with Crippen LogP contribution < -0.4 is 5.73 Å². The first-order chi connectivity index (χ1) is 7.61. The second-order valence-electron chi connectivity index (χ2n) is 3.19. The predicted octanol–water partition coefficient (Wildman–Crippen LogP) is 1.61. The van der Waals surface area contributed by atoms with Gasteiger partial charge < -0.3 is 19.4 Å². The van der Waals surface area contributed by atoms with Gasteiger partial charge in [0.1, 0.15) is 11.3 Å². The van der Waals surface area contributed by atoms with Crippen LogP contribution in [0, 0.1) is 6.92 Å². The highest BCUT2D eigenvalue weighted by Gasteiger charge is 2.18. The van der Waals surface area contributed by atoms with Crippen LogP contribution in [0.3, 0.4) is 0 Å². The van der Waals surface area contributed by atoms with E-state index < -0.39 is 5.97 Å². The van der Waals surface area contributed by atoms with Crippen LogP contribution >= 0.6 is 0 Å². The molecule has 0 aliphatic carbocycles. The molecule has 2 aromatic rings. The Hall–Kier alpha value is -2.24. The molecular weight excluding hydrogens is 212 g/mol. The number of anilines is 1. The summed E-state index contributed by atoms with van der Waals surface area (Å²) in [6, 6.07) is 3.04. The lowest BCUT2D eigenvalue weighted by Crippen LogP contribution is -2.00. The van der Waals surface area contributed by atoms with Crippen molar-refractivity contribution in [2.24, 2.45) is 0 Å². The van der Waals surface area contributed by atoms with Crippen molar-refractivity contribution in [3.8, 4) is 11.5 Å². The highest BCUT2D eigenvalue weighted by Crippen LogP contribution is 2.26. The molecule has 16 heavy (non-hydrogen) atoms. The number of esters is 1. The summed E-state index contributed by atoms with van der Waals surface area (Å²) >= 11 is 0. The van der Waals surface area contributed by atoms with Crippen molar-refractivity contribution >= 4 is 11.8 Å². The lowest BCUT2D eigenvalue weighted by atomic mass is 10.2. The van der Waals surface area contributed by atoms with Crippen LogP contribution in [0.5, 0.6) is 0 Å². The number of nitrogens with two attached hydrogens (primary N) is 1. The van der Waals surface area contributed by atoms with Crippen LogP contribution in [0.2, 0.25) is 0 Å². The van der Waals surface area contributed by atoms with Crippen LogP contribution in [0.4, 0.5) is 5.82 Å². The minimum absolute atomic E-state index is 0.253. The van der Waals surface area contributed by atoms with Gasteiger partial charge in [0.15, 0.2) is 11.6 Å². The summed E-state index contributed by atoms with van der Waals surface area (Å²) in [5.41, 5.74) is 5.76. The first-order valence-corrected chi connectivity index (χ1v) is 4.53. The van der Waals surface area contributed by atoms with E-state index in [4.69, 9.17) is 14.7 Å². The molecule has 0 aromatic carbocycles. The number of hydrogen-bond donors (Lipinski definition) is 1. The number of nitrogens with zero attached hydrogens (tertiary/aromatic N) is 1. The van der Waals surface area contributed by atoms with Gasteiger partial charge in [-0.2, -0.15) is 0 Å². The Morgan fingerprint density at radius 3 is 2.75 bits per heavy atom. The summed E-state index contributed by atoms with van der Waals surface area (Å²) in [7, 11) is 1.31. The first-order valence-electron chi connectivity index (χ1n) is 4.53. The third-order valence-electron chi connectivity index (χ3n) is 2.09. The smallest absolute Gasteiger partial charge is 0.341 e. The highest BCUT2D eigenvalue weighted by molar-refractivity contribution is 5.91. The van der Waals surface area contributed by atoms with Gasteiger partial charge in [0.05, 0.1) is 7.11 Å². The average Bonchev–Trinajstić information content (AvgIpc) is 2.83. The molecule has 2 heterocycles. The molecule has 0 spiro atoms. The minimum Gasteiger partial charge on any atom is -0.465 e. The number of rotatable bonds is 2. The van der Waals surface area contributed by atoms with Crippen molar-refractivity contribution in [3.05, 3.63) is 23.5 Å². The third-order valence-corrected chi connectivity index (χ3v) is 2.09. The Morgan fingerprint density at radius 2 is 2.19 bits per heavy atom. The van der Waals surface area contributed by atoms with Crippen molar-refractivity contribution < 1.29 is 18.5 Å². The lowest BCUT2D eigenvalue weighted by Gasteiger charge is -1.93. The molecule has 2 rings (SSSR count). The molecule has 84 valence electrons. The number of methoxy groups -OCH3 is 1. The van der Waals surface area contributed by atoms with Gasteiger partial charge in [-0.25, -0.2) is 4.79 Å². The van der Waals surface area contributed by atoms with E-state index in [1.807, 2.05) is 0 Å². The average molecular weight is 222 g/mol. The molecule has 0 unspecified atom stereocenters. The number of ether oxygens (including phenoxy) is 1. The molecule has 0 bridgehead atoms. The largest absolute Gasteiger partial charge is 0.465 e. The van der Waals surface area contributed by atoms with Gasteiger partial charge in [-0.15, -0.1) is 0 Å². The number of carbonyl (C=O) groups is 1. The summed E-state index contributed by atoms with van der Waals surface area (Å²) in [6.45, 7) is 1.66. The van der Waals surface area contributed by atoms with E-state index in [9.17, 15) is 4.79 Å². The van der Waals surface area contributed by atoms with Gasteiger partial charge in [0.2, 0.25) is 5.76 Å². The van der Waals surface area contributed by atoms with Crippen molar-refractivity contribution in [2.75, 3.05) is 12.8 Å². The molecule has 2 aromatic heterocycles. The predicted molar refractivity (Wildman–Crippen MR) is 54.7 cm³/mol. The molecule has 0 saturated heterocycles. The molecule has 0 aliphatic rings. The Bertz CT molecular complexity index is 527. The normalized spacial score (nSPS) is 10.4. The standard InChI is InChI=1S/C10H10N2O4/c1-5-6(10(13)14-2)3-7(15-5)8-4-9(11)12-16-8/h3-4H,1-2H3,(H2,11,12). The van der Waals surface area contributed by atoms with E-state index in [1.165, 1.54) is 19.2 Å². The van der Waals surface area contributed by atoms with Crippen molar-refractivity contribution in [1.29, 1.82) is 0 Å². The van der Waals surface area contributed by atoms with E-state index in [0.717, 1.165) is 0 Å². The fourth-order valence-corrected chi connectivity index (χ4v) is 1.32. The summed E-state index contributed by atoms with van der Waals surface area (Å²) in [5, 5.41) is 3.52. The maximum Gasteiger partial charge on any atom is 0.341 e. The number of nitrogen functional groups attached to an aromatic ring is 1. The molecule has 0 fully saturated rings. The summed E-state index contributed by atoms with van der Waals surface area (Å²) < 4.78 is 14.9. The monoisotopic (exact) mass is 222 g/mol. The maximum absolute atomic E-state index is 11.3. The Morgan fingerprint density at radius 1 is 1.44 bits per heavy atom. The molecule has 0 amide bonds. The van der Waals surface area contributed by atoms with Crippen LogP contribution in [-0.2, 0) is 4.74 Å². The quantitative estimate of drug-likeness (QED) is 0.776. The molecule has 0 aliphatic heterocycles. The second kappa shape index (κ2) is 3.73. The second-order valence-corrected chi connectivity index (χ2v) is 3.19. The van der Waals surface area contributed by atoms with Gasteiger partial charge in [0.25, 0.3) is 0 Å². The Kier molecular flexibility index (Phi) is 2.40. The van der Waals surface area contributed by atoms with Crippen molar-refractivity contribution in [1.82, 2.24) is 5.16 Å². The first kappa shape index (κ1) is 10.3. The number of aryl methyl sites for hydroxylation is 1. The summed E-state index contributed by atoms with van der Waals surface area (Å²) in [4.78, 5) is 11.3. The van der Waals surface area contributed by atoms with Gasteiger partial charge in [0, 0.05) is 12.1 Å². The van der Waals surface area contributed by atoms with Crippen LogP contribution in [0.25, 0.3) is 11.5 Å². The molecular formula is C10H10N2O4. The number of aromatic nitrogens is 1. The van der Waals surface area contributed by atoms with Crippen molar-refractivity contribution in [3.63, 3.8) is 0 Å². The summed E-state index contributed by atoms with van der Waals surface area (Å²) in [5.74, 6) is 1.01. The minimum atomic E-state index is -0.458. The van der Waals surface area contributed by atoms with Crippen LogP contribution in [0.15, 0.2) is 21.1 Å². The van der Waals surface area contributed by atoms with E-state index >= 15 is 0 Å². The highest BCUT2D eigenvalue weighted by atomic mass is 16.5. The van der Waals surface area contributed by atoms with E-state index in [1.54, 1.807) is 6.92 Å². The van der Waals surface area contributed by atoms with Gasteiger partial charge in [-0.05, 0) is 6.92 Å². The fourth-order valence-electron chi connectivity index (χ4n) is 1.32. The van der Waals surface area contributed by atoms with Gasteiger partial charge in [-0.3, -0.25) is 0 Å². The van der Waals surface area contributed by atoms with E-state index in [2.05, 4.69) is 9.89 Å². The zero-order valence-electron chi connectivity index (χ0n) is 8.81. The van der Waals surface area contributed by atoms with Crippen LogP contribution in [0.1, 0.15) is 16.1 Å². The zero-order chi connectivity index (χ0) is 11.7. The van der Waals surface area contributed by atoms with Crippen LogP contribution in [-0.4, -0.2) is 18.2 Å². The fraction of sp³-hybridized carbons (Fsp3) is 0.200. The number of hydrogen-bond acceptors (Lipinski definition) is 6. The Labute approximate surface area is 91.0 Å². The molecule has 0 radical (unpaired) electrons. The maximum atomic E-state index is 11.3. The molecule has 0 atom stereocenters. The Balaban J connectivity index is 2.41. The molecule has 6 nitrogen and oxygen atoms in total. The van der Waals surface area contributed by atoms with Gasteiger partial charge in [-0.1, -0.05) is 5.16 Å². The molecule has 6 heteroatoms. The van der Waals surface area contributed by atoms with E-state index in [-0.39, 0.29) is 5.82 Å². The SMILES string of the molecule is COC(=O)c1cc(-c2cc(N)no2)oc1C. The van der Waals surface area contributed by atoms with E-state index in [0.29, 0.717) is 22.8 Å². The molecule has 0 saturated carbocycles. The lowest BCUT2D eigenvalue weighted by molar-refractivity contribution is 0.0599. The molecule has 2 N–H and O–H groups in total. The van der Waals surface area contributed by atoms with Gasteiger partial charge >= 0.3 is 5.97 Å². The topological polar surface area (TPSA) is 91.5 Å². The number of furan rings is 1. The number of carbonyl (C=O) groups excluding carboxylic acids is 1.